The van der Waals surface area contributed by atoms with Crippen molar-refractivity contribution in [3.63, 3.8) is 0 Å². The Bertz CT molecular complexity index is 2080. The van der Waals surface area contributed by atoms with Gasteiger partial charge in [0.2, 0.25) is 0 Å². The van der Waals surface area contributed by atoms with Crippen molar-refractivity contribution in [2.75, 3.05) is 10.6 Å². The van der Waals surface area contributed by atoms with Gasteiger partial charge in [0, 0.05) is 0 Å². The minimum atomic E-state index is 0.361. The summed E-state index contributed by atoms with van der Waals surface area (Å²) in [6.07, 6.45) is 0. The quantitative estimate of drug-likeness (QED) is 0.201. The molecule has 0 saturated heterocycles. The van der Waals surface area contributed by atoms with E-state index in [0.29, 0.717) is 43.5 Å². The van der Waals surface area contributed by atoms with Gasteiger partial charge in [-0.3, -0.25) is 10.6 Å². The molecule has 0 aliphatic heterocycles. The van der Waals surface area contributed by atoms with Crippen molar-refractivity contribution in [1.29, 1.82) is 0 Å². The Morgan fingerprint density at radius 2 is 1.05 bits per heavy atom. The molecule has 0 aliphatic rings. The predicted molar refractivity (Wildman–Crippen MR) is 163 cm³/mol. The Morgan fingerprint density at radius 1 is 0.575 bits per heavy atom. The number of fused-ring (bicyclic) bond motifs is 4. The summed E-state index contributed by atoms with van der Waals surface area (Å²) in [6.45, 7) is 0. The SMILES string of the molecule is Clc1cccc2sc(Nc3nc4ccc(-c5ccc6nc(Nc7nc8c(Cl)cccc8s7)oc6c5)cc4o3)nc12. The summed E-state index contributed by atoms with van der Waals surface area (Å²) in [4.78, 5) is 18.2. The second kappa shape index (κ2) is 9.17. The van der Waals surface area contributed by atoms with Gasteiger partial charge in [-0.2, -0.15) is 9.97 Å². The molecule has 8 nitrogen and oxygen atoms in total. The average molecular weight is 602 g/mol. The van der Waals surface area contributed by atoms with E-state index in [-0.39, 0.29) is 0 Å². The number of nitrogens with one attached hydrogen (secondary N) is 2. The van der Waals surface area contributed by atoms with Crippen LogP contribution in [0.5, 0.6) is 0 Å². The van der Waals surface area contributed by atoms with Gasteiger partial charge in [0.15, 0.2) is 21.4 Å². The Kier molecular flexibility index (Phi) is 5.42. The zero-order chi connectivity index (χ0) is 26.8. The van der Waals surface area contributed by atoms with E-state index in [1.807, 2.05) is 72.8 Å². The van der Waals surface area contributed by atoms with Crippen LogP contribution < -0.4 is 10.6 Å². The van der Waals surface area contributed by atoms with Crippen molar-refractivity contribution < 1.29 is 8.83 Å². The van der Waals surface area contributed by atoms with Crippen LogP contribution in [0.25, 0.3) is 53.8 Å². The van der Waals surface area contributed by atoms with Crippen LogP contribution >= 0.6 is 45.9 Å². The highest BCUT2D eigenvalue weighted by Crippen LogP contribution is 2.35. The molecule has 0 spiro atoms. The summed E-state index contributed by atoms with van der Waals surface area (Å²) in [7, 11) is 0. The van der Waals surface area contributed by atoms with Gasteiger partial charge in [-0.15, -0.1) is 0 Å². The van der Waals surface area contributed by atoms with Crippen molar-refractivity contribution in [2.45, 2.75) is 0 Å². The van der Waals surface area contributed by atoms with Crippen LogP contribution in [0, 0.1) is 0 Å². The number of benzene rings is 4. The summed E-state index contributed by atoms with van der Waals surface area (Å²) < 4.78 is 14.0. The summed E-state index contributed by atoms with van der Waals surface area (Å²) in [5, 5.41) is 8.84. The Morgan fingerprint density at radius 3 is 1.50 bits per heavy atom. The van der Waals surface area contributed by atoms with Crippen LogP contribution in [0.4, 0.5) is 22.3 Å². The second-order valence-electron chi connectivity index (χ2n) is 8.86. The van der Waals surface area contributed by atoms with Gasteiger partial charge >= 0.3 is 12.0 Å². The third kappa shape index (κ3) is 4.13. The zero-order valence-electron chi connectivity index (χ0n) is 20.1. The molecule has 0 saturated carbocycles. The highest BCUT2D eigenvalue weighted by molar-refractivity contribution is 7.22. The predicted octanol–water partition coefficient (Wildman–Crippen LogP) is 9.65. The molecule has 0 fully saturated rings. The molecule has 4 heterocycles. The maximum absolute atomic E-state index is 6.26. The molecule has 12 heteroatoms. The Hall–Kier alpha value is -4.22. The van der Waals surface area contributed by atoms with E-state index in [9.17, 15) is 0 Å². The molecule has 4 aromatic carbocycles. The number of rotatable bonds is 5. The minimum Gasteiger partial charge on any atom is -0.423 e. The number of oxazole rings is 2. The monoisotopic (exact) mass is 600 g/mol. The first-order valence-corrected chi connectivity index (χ1v) is 14.4. The summed E-state index contributed by atoms with van der Waals surface area (Å²) in [6, 6.07) is 23.8. The number of halogens is 2. The Labute approximate surface area is 243 Å². The number of anilines is 4. The maximum atomic E-state index is 6.26. The lowest BCUT2D eigenvalue weighted by Gasteiger charge is -2.00. The highest BCUT2D eigenvalue weighted by Gasteiger charge is 2.14. The molecular formula is C28H14Cl2N6O2S2. The van der Waals surface area contributed by atoms with E-state index in [1.165, 1.54) is 22.7 Å². The maximum Gasteiger partial charge on any atom is 0.302 e. The van der Waals surface area contributed by atoms with E-state index in [0.717, 1.165) is 42.6 Å². The fourth-order valence-electron chi connectivity index (χ4n) is 4.44. The standard InChI is InChI=1S/C28H14Cl2N6O2S2/c29-15-3-1-5-21-23(15)33-27(39-21)35-25-31-17-9-7-13(11-19(17)37-25)14-8-10-18-20(12-14)38-26(32-18)36-28-34-24-16(30)4-2-6-22(24)40-28/h1-12H,(H,31,33,35)(H,32,34,36). The molecule has 2 N–H and O–H groups in total. The van der Waals surface area contributed by atoms with Crippen LogP contribution in [-0.4, -0.2) is 19.9 Å². The van der Waals surface area contributed by atoms with Gasteiger partial charge in [0.1, 0.15) is 22.1 Å². The van der Waals surface area contributed by atoms with E-state index >= 15 is 0 Å². The largest absolute Gasteiger partial charge is 0.423 e. The molecule has 8 rings (SSSR count). The van der Waals surface area contributed by atoms with Crippen molar-refractivity contribution in [3.8, 4) is 11.1 Å². The van der Waals surface area contributed by atoms with Gasteiger partial charge in [-0.05, 0) is 59.7 Å². The van der Waals surface area contributed by atoms with Crippen LogP contribution in [0.2, 0.25) is 10.0 Å². The molecule has 0 atom stereocenters. The third-order valence-electron chi connectivity index (χ3n) is 6.28. The number of aromatic nitrogens is 4. The molecule has 0 aliphatic carbocycles. The summed E-state index contributed by atoms with van der Waals surface area (Å²) in [5.74, 6) is 0. The second-order valence-corrected chi connectivity index (χ2v) is 11.7. The lowest BCUT2D eigenvalue weighted by Crippen LogP contribution is -1.88. The average Bonchev–Trinajstić information content (AvgIpc) is 3.72. The first-order chi connectivity index (χ1) is 19.6. The van der Waals surface area contributed by atoms with E-state index < -0.39 is 0 Å². The molecule has 0 unspecified atom stereocenters. The molecule has 0 bridgehead atoms. The molecule has 40 heavy (non-hydrogen) atoms. The van der Waals surface area contributed by atoms with Crippen LogP contribution in [-0.2, 0) is 0 Å². The smallest absolute Gasteiger partial charge is 0.302 e. The lowest BCUT2D eigenvalue weighted by molar-refractivity contribution is 0.622. The normalized spacial score (nSPS) is 11.8. The van der Waals surface area contributed by atoms with E-state index in [1.54, 1.807) is 0 Å². The van der Waals surface area contributed by atoms with Gasteiger partial charge in [-0.1, -0.05) is 70.1 Å². The van der Waals surface area contributed by atoms with Gasteiger partial charge in [0.25, 0.3) is 0 Å². The molecule has 0 radical (unpaired) electrons. The van der Waals surface area contributed by atoms with E-state index in [2.05, 4.69) is 30.6 Å². The minimum absolute atomic E-state index is 0.361. The number of hydrogen-bond donors (Lipinski definition) is 2. The fraction of sp³-hybridized carbons (Fsp3) is 0. The van der Waals surface area contributed by atoms with Crippen molar-refractivity contribution in [1.82, 2.24) is 19.9 Å². The van der Waals surface area contributed by atoms with Crippen LogP contribution in [0.3, 0.4) is 0 Å². The fourth-order valence-corrected chi connectivity index (χ4v) is 6.75. The number of nitrogens with zero attached hydrogens (tertiary/aromatic N) is 4. The topological polar surface area (TPSA) is 102 Å². The Balaban J connectivity index is 1.06. The first-order valence-electron chi connectivity index (χ1n) is 12.0. The van der Waals surface area contributed by atoms with Crippen LogP contribution in [0.15, 0.2) is 81.6 Å². The summed E-state index contributed by atoms with van der Waals surface area (Å²) in [5.41, 5.74) is 6.16. The molecule has 194 valence electrons. The summed E-state index contributed by atoms with van der Waals surface area (Å²) >= 11 is 15.5. The number of hydrogen-bond acceptors (Lipinski definition) is 10. The first kappa shape index (κ1) is 23.6. The van der Waals surface area contributed by atoms with Gasteiger partial charge in [0.05, 0.1) is 19.4 Å². The van der Waals surface area contributed by atoms with Crippen molar-refractivity contribution >= 4 is 111 Å². The molecule has 8 aromatic rings. The van der Waals surface area contributed by atoms with Gasteiger partial charge in [-0.25, -0.2) is 9.97 Å². The van der Waals surface area contributed by atoms with Crippen LogP contribution in [0.1, 0.15) is 0 Å². The molecular weight excluding hydrogens is 587 g/mol. The van der Waals surface area contributed by atoms with Crippen molar-refractivity contribution in [3.05, 3.63) is 82.8 Å². The van der Waals surface area contributed by atoms with Gasteiger partial charge < -0.3 is 8.83 Å². The molecule has 0 amide bonds. The molecule has 4 aromatic heterocycles. The number of thiazole rings is 2. The lowest BCUT2D eigenvalue weighted by atomic mass is 10.1. The highest BCUT2D eigenvalue weighted by atomic mass is 35.5. The third-order valence-corrected chi connectivity index (χ3v) is 8.76. The zero-order valence-corrected chi connectivity index (χ0v) is 23.3. The van der Waals surface area contributed by atoms with Crippen molar-refractivity contribution in [2.24, 2.45) is 0 Å². The number of para-hydroxylation sites is 2. The van der Waals surface area contributed by atoms with E-state index in [4.69, 9.17) is 32.0 Å².